The smallest absolute Gasteiger partial charge is 0.274 e. The second-order valence-corrected chi connectivity index (χ2v) is 6.11. The topological polar surface area (TPSA) is 66.9 Å². The number of carbonyl (C=O) groups is 1. The Kier molecular flexibility index (Phi) is 4.95. The number of amides is 1. The average molecular weight is 353 g/mol. The number of carbonyl (C=O) groups excluding carboxylic acids is 1. The summed E-state index contributed by atoms with van der Waals surface area (Å²) in [5.41, 5.74) is 3.88. The van der Waals surface area contributed by atoms with E-state index in [9.17, 15) is 4.79 Å². The fourth-order valence-corrected chi connectivity index (χ4v) is 2.58. The number of aryl methyl sites for hydroxylation is 2. The lowest BCUT2D eigenvalue weighted by atomic mass is 10.2. The highest BCUT2D eigenvalue weighted by atomic mass is 35.5. The summed E-state index contributed by atoms with van der Waals surface area (Å²) in [4.78, 5) is 20.8. The van der Waals surface area contributed by atoms with Gasteiger partial charge in [-0.1, -0.05) is 23.7 Å². The molecule has 2 N–H and O–H groups in total. The van der Waals surface area contributed by atoms with Crippen LogP contribution in [-0.4, -0.2) is 15.9 Å². The Morgan fingerprint density at radius 3 is 2.68 bits per heavy atom. The largest absolute Gasteiger partial charge is 0.324 e. The van der Waals surface area contributed by atoms with Crippen LogP contribution >= 0.6 is 11.6 Å². The number of nitrogens with one attached hydrogen (secondary N) is 2. The van der Waals surface area contributed by atoms with Crippen molar-refractivity contribution < 1.29 is 4.79 Å². The highest BCUT2D eigenvalue weighted by Gasteiger charge is 2.10. The van der Waals surface area contributed by atoms with Crippen LogP contribution in [0.25, 0.3) is 0 Å². The van der Waals surface area contributed by atoms with Gasteiger partial charge >= 0.3 is 0 Å². The molecular weight excluding hydrogens is 336 g/mol. The summed E-state index contributed by atoms with van der Waals surface area (Å²) in [6.45, 7) is 3.90. The Bertz CT molecular complexity index is 927. The van der Waals surface area contributed by atoms with Crippen LogP contribution in [-0.2, 0) is 0 Å². The number of halogens is 1. The highest BCUT2D eigenvalue weighted by molar-refractivity contribution is 6.30. The number of nitrogens with zero attached hydrogens (tertiary/aromatic N) is 2. The van der Waals surface area contributed by atoms with E-state index in [1.165, 1.54) is 0 Å². The first-order valence-electron chi connectivity index (χ1n) is 7.75. The van der Waals surface area contributed by atoms with E-state index in [1.54, 1.807) is 18.3 Å². The van der Waals surface area contributed by atoms with E-state index in [-0.39, 0.29) is 11.6 Å². The van der Waals surface area contributed by atoms with Gasteiger partial charge in [0.15, 0.2) is 0 Å². The minimum Gasteiger partial charge on any atom is -0.324 e. The lowest BCUT2D eigenvalue weighted by Crippen LogP contribution is -2.14. The van der Waals surface area contributed by atoms with Crippen molar-refractivity contribution in [1.29, 1.82) is 0 Å². The molecule has 0 saturated heterocycles. The van der Waals surface area contributed by atoms with E-state index < -0.39 is 0 Å². The van der Waals surface area contributed by atoms with Crippen LogP contribution in [0.15, 0.2) is 54.7 Å². The Morgan fingerprint density at radius 1 is 1.08 bits per heavy atom. The standard InChI is InChI=1S/C19H17ClN4O/c1-12-4-3-5-15(10-12)22-18(25)17-8-9-21-19(24-17)23-16-7-6-14(20)11-13(16)2/h3-11H,1-2H3,(H,22,25)(H,21,23,24). The molecule has 0 unspecified atom stereocenters. The van der Waals surface area contributed by atoms with E-state index >= 15 is 0 Å². The number of anilines is 3. The van der Waals surface area contributed by atoms with E-state index in [1.807, 2.05) is 50.2 Å². The third kappa shape index (κ3) is 4.33. The van der Waals surface area contributed by atoms with Gasteiger partial charge in [0.25, 0.3) is 5.91 Å². The summed E-state index contributed by atoms with van der Waals surface area (Å²) in [6, 6.07) is 14.6. The summed E-state index contributed by atoms with van der Waals surface area (Å²) in [5.74, 6) is 0.0613. The van der Waals surface area contributed by atoms with Crippen molar-refractivity contribution in [2.24, 2.45) is 0 Å². The lowest BCUT2D eigenvalue weighted by molar-refractivity contribution is 0.102. The molecule has 1 aromatic heterocycles. The second kappa shape index (κ2) is 7.32. The van der Waals surface area contributed by atoms with Gasteiger partial charge in [0.1, 0.15) is 5.69 Å². The zero-order valence-corrected chi connectivity index (χ0v) is 14.6. The van der Waals surface area contributed by atoms with Crippen molar-refractivity contribution in [2.75, 3.05) is 10.6 Å². The molecule has 0 aliphatic heterocycles. The molecule has 6 heteroatoms. The van der Waals surface area contributed by atoms with Crippen molar-refractivity contribution in [1.82, 2.24) is 9.97 Å². The molecule has 1 amide bonds. The van der Waals surface area contributed by atoms with Gasteiger partial charge < -0.3 is 10.6 Å². The molecule has 0 saturated carbocycles. The molecule has 126 valence electrons. The number of rotatable bonds is 4. The zero-order chi connectivity index (χ0) is 17.8. The van der Waals surface area contributed by atoms with Crippen LogP contribution in [0.4, 0.5) is 17.3 Å². The fraction of sp³-hybridized carbons (Fsp3) is 0.105. The Labute approximate surface area is 151 Å². The van der Waals surface area contributed by atoms with Gasteiger partial charge in [-0.25, -0.2) is 9.97 Å². The highest BCUT2D eigenvalue weighted by Crippen LogP contribution is 2.22. The summed E-state index contributed by atoms with van der Waals surface area (Å²) < 4.78 is 0. The van der Waals surface area contributed by atoms with Crippen LogP contribution in [0.5, 0.6) is 0 Å². The Morgan fingerprint density at radius 2 is 1.92 bits per heavy atom. The van der Waals surface area contributed by atoms with E-state index in [4.69, 9.17) is 11.6 Å². The first-order valence-corrected chi connectivity index (χ1v) is 8.13. The number of aromatic nitrogens is 2. The van der Waals surface area contributed by atoms with Crippen molar-refractivity contribution in [2.45, 2.75) is 13.8 Å². The maximum Gasteiger partial charge on any atom is 0.274 e. The molecule has 0 atom stereocenters. The molecule has 1 heterocycles. The predicted octanol–water partition coefficient (Wildman–Crippen LogP) is 4.74. The third-order valence-electron chi connectivity index (χ3n) is 3.60. The fourth-order valence-electron chi connectivity index (χ4n) is 2.35. The summed E-state index contributed by atoms with van der Waals surface area (Å²) in [7, 11) is 0. The minimum absolute atomic E-state index is 0.283. The molecule has 0 spiro atoms. The minimum atomic E-state index is -0.288. The molecule has 5 nitrogen and oxygen atoms in total. The molecule has 0 bridgehead atoms. The molecule has 25 heavy (non-hydrogen) atoms. The second-order valence-electron chi connectivity index (χ2n) is 5.67. The zero-order valence-electron chi connectivity index (χ0n) is 13.9. The van der Waals surface area contributed by atoms with Crippen molar-refractivity contribution in [3.63, 3.8) is 0 Å². The first-order chi connectivity index (χ1) is 12.0. The SMILES string of the molecule is Cc1cccc(NC(=O)c2ccnc(Nc3ccc(Cl)cc3C)n2)c1. The Hall–Kier alpha value is -2.92. The maximum absolute atomic E-state index is 12.4. The number of hydrogen-bond acceptors (Lipinski definition) is 4. The molecule has 3 aromatic rings. The quantitative estimate of drug-likeness (QED) is 0.711. The molecule has 0 aliphatic rings. The van der Waals surface area contributed by atoms with Gasteiger partial charge in [-0.15, -0.1) is 0 Å². The lowest BCUT2D eigenvalue weighted by Gasteiger charge is -2.10. The van der Waals surface area contributed by atoms with Crippen molar-refractivity contribution >= 4 is 34.8 Å². The van der Waals surface area contributed by atoms with Gasteiger partial charge in [-0.05, 0) is 61.4 Å². The Balaban J connectivity index is 1.77. The molecule has 3 rings (SSSR count). The van der Waals surface area contributed by atoms with Crippen LogP contribution in [0, 0.1) is 13.8 Å². The van der Waals surface area contributed by atoms with Crippen LogP contribution < -0.4 is 10.6 Å². The van der Waals surface area contributed by atoms with Gasteiger partial charge in [-0.2, -0.15) is 0 Å². The summed E-state index contributed by atoms with van der Waals surface area (Å²) in [5, 5.41) is 6.60. The third-order valence-corrected chi connectivity index (χ3v) is 3.83. The van der Waals surface area contributed by atoms with Gasteiger partial charge in [0.2, 0.25) is 5.95 Å². The van der Waals surface area contributed by atoms with Gasteiger partial charge in [-0.3, -0.25) is 4.79 Å². The molecule has 0 aliphatic carbocycles. The van der Waals surface area contributed by atoms with Gasteiger partial charge in [0, 0.05) is 22.6 Å². The van der Waals surface area contributed by atoms with E-state index in [0.29, 0.717) is 11.0 Å². The van der Waals surface area contributed by atoms with Crippen LogP contribution in [0.1, 0.15) is 21.6 Å². The van der Waals surface area contributed by atoms with Crippen LogP contribution in [0.2, 0.25) is 5.02 Å². The van der Waals surface area contributed by atoms with Gasteiger partial charge in [0.05, 0.1) is 0 Å². The molecule has 2 aromatic carbocycles. The van der Waals surface area contributed by atoms with Crippen molar-refractivity contribution in [3.05, 3.63) is 76.6 Å². The summed E-state index contributed by atoms with van der Waals surface area (Å²) in [6.07, 6.45) is 1.55. The monoisotopic (exact) mass is 352 g/mol. The first kappa shape index (κ1) is 16.9. The van der Waals surface area contributed by atoms with Crippen LogP contribution in [0.3, 0.4) is 0 Å². The number of benzene rings is 2. The molecular formula is C19H17ClN4O. The van der Waals surface area contributed by atoms with E-state index in [0.717, 1.165) is 22.5 Å². The van der Waals surface area contributed by atoms with Crippen molar-refractivity contribution in [3.8, 4) is 0 Å². The van der Waals surface area contributed by atoms with E-state index in [2.05, 4.69) is 20.6 Å². The maximum atomic E-state index is 12.4. The molecule has 0 radical (unpaired) electrons. The number of hydrogen-bond donors (Lipinski definition) is 2. The normalized spacial score (nSPS) is 10.4. The average Bonchev–Trinajstić information content (AvgIpc) is 2.58. The summed E-state index contributed by atoms with van der Waals surface area (Å²) >= 11 is 5.96. The molecule has 0 fully saturated rings. The predicted molar refractivity (Wildman–Crippen MR) is 101 cm³/mol.